The van der Waals surface area contributed by atoms with E-state index in [-0.39, 0.29) is 5.69 Å². The van der Waals surface area contributed by atoms with E-state index in [1.54, 1.807) is 19.1 Å². The summed E-state index contributed by atoms with van der Waals surface area (Å²) in [6.45, 7) is 1.80. The van der Waals surface area contributed by atoms with Crippen LogP contribution in [0.3, 0.4) is 0 Å². The molecule has 0 radical (unpaired) electrons. The smallest absolute Gasteiger partial charge is 0.270 e. The van der Waals surface area contributed by atoms with Crippen LogP contribution in [-0.4, -0.2) is 21.0 Å². The second-order valence-electron chi connectivity index (χ2n) is 6.12. The number of carbonyl (C=O) groups is 1. The van der Waals surface area contributed by atoms with Crippen LogP contribution in [0.1, 0.15) is 21.7 Å². The van der Waals surface area contributed by atoms with Gasteiger partial charge in [0.05, 0.1) is 16.9 Å². The van der Waals surface area contributed by atoms with Crippen LogP contribution in [0, 0.1) is 18.3 Å². The van der Waals surface area contributed by atoms with Crippen LogP contribution < -0.4 is 11.1 Å². The molecule has 8 nitrogen and oxygen atoms in total. The first-order valence-corrected chi connectivity index (χ1v) is 9.32. The van der Waals surface area contributed by atoms with Gasteiger partial charge in [0.15, 0.2) is 5.69 Å². The highest BCUT2D eigenvalue weighted by atomic mass is 32.1. The SMILES string of the molecule is Cc1ncc(C#N)cc1Nc1sc(-c2cccc(-c3ccon3)c2)nc1C(N)=O. The van der Waals surface area contributed by atoms with Gasteiger partial charge in [-0.25, -0.2) is 4.98 Å². The molecule has 0 atom stereocenters. The molecule has 9 heteroatoms. The monoisotopic (exact) mass is 402 g/mol. The summed E-state index contributed by atoms with van der Waals surface area (Å²) in [5.74, 6) is -0.648. The minimum absolute atomic E-state index is 0.124. The van der Waals surface area contributed by atoms with E-state index in [9.17, 15) is 4.79 Å². The Morgan fingerprint density at radius 3 is 2.83 bits per heavy atom. The topological polar surface area (TPSA) is 131 Å². The summed E-state index contributed by atoms with van der Waals surface area (Å²) in [6, 6.07) is 13.1. The summed E-state index contributed by atoms with van der Waals surface area (Å²) in [5, 5.41) is 17.3. The van der Waals surface area contributed by atoms with Crippen molar-refractivity contribution in [3.05, 3.63) is 65.8 Å². The number of hydrogen-bond acceptors (Lipinski definition) is 8. The lowest BCUT2D eigenvalue weighted by Crippen LogP contribution is -2.13. The van der Waals surface area contributed by atoms with Crippen LogP contribution in [0.25, 0.3) is 21.8 Å². The Kier molecular flexibility index (Phi) is 4.76. The highest BCUT2D eigenvalue weighted by Gasteiger charge is 2.18. The molecule has 142 valence electrons. The summed E-state index contributed by atoms with van der Waals surface area (Å²) in [4.78, 5) is 20.6. The lowest BCUT2D eigenvalue weighted by atomic mass is 10.1. The first kappa shape index (κ1) is 18.3. The molecule has 4 rings (SSSR count). The number of nitriles is 1. The van der Waals surface area contributed by atoms with Gasteiger partial charge in [-0.05, 0) is 19.1 Å². The summed E-state index contributed by atoms with van der Waals surface area (Å²) in [5.41, 5.74) is 9.73. The number of nitrogens with zero attached hydrogens (tertiary/aromatic N) is 4. The van der Waals surface area contributed by atoms with Crippen molar-refractivity contribution in [1.82, 2.24) is 15.1 Å². The molecule has 0 aliphatic heterocycles. The van der Waals surface area contributed by atoms with Crippen LogP contribution in [-0.2, 0) is 0 Å². The van der Waals surface area contributed by atoms with Crippen LogP contribution >= 0.6 is 11.3 Å². The maximum atomic E-state index is 12.0. The number of anilines is 2. The number of amides is 1. The molecule has 0 fully saturated rings. The van der Waals surface area contributed by atoms with E-state index in [1.165, 1.54) is 23.8 Å². The highest BCUT2D eigenvalue weighted by Crippen LogP contribution is 2.35. The van der Waals surface area contributed by atoms with Crippen molar-refractivity contribution in [2.45, 2.75) is 6.92 Å². The second-order valence-corrected chi connectivity index (χ2v) is 7.12. The number of nitrogens with one attached hydrogen (secondary N) is 1. The maximum Gasteiger partial charge on any atom is 0.270 e. The zero-order valence-corrected chi connectivity index (χ0v) is 16.0. The summed E-state index contributed by atoms with van der Waals surface area (Å²) in [7, 11) is 0. The molecule has 3 aromatic heterocycles. The molecule has 0 aliphatic carbocycles. The van der Waals surface area contributed by atoms with Gasteiger partial charge in [0.2, 0.25) is 0 Å². The highest BCUT2D eigenvalue weighted by molar-refractivity contribution is 7.19. The average molecular weight is 402 g/mol. The van der Waals surface area contributed by atoms with E-state index < -0.39 is 5.91 Å². The molecule has 3 heterocycles. The van der Waals surface area contributed by atoms with Gasteiger partial charge in [-0.1, -0.05) is 34.7 Å². The standard InChI is InChI=1S/C20H14N6O2S/c1-11-16(7-12(9-21)10-23-11)24-20-17(18(22)27)25-19(29-20)14-4-2-3-13(8-14)15-5-6-28-26-15/h2-8,10,24H,1H3,(H2,22,27). The van der Waals surface area contributed by atoms with Gasteiger partial charge in [0, 0.05) is 23.4 Å². The molecule has 0 aliphatic rings. The minimum Gasteiger partial charge on any atom is -0.364 e. The molecule has 0 unspecified atom stereocenters. The maximum absolute atomic E-state index is 12.0. The molecule has 1 aromatic carbocycles. The quantitative estimate of drug-likeness (QED) is 0.518. The number of hydrogen-bond donors (Lipinski definition) is 2. The van der Waals surface area contributed by atoms with Crippen molar-refractivity contribution in [1.29, 1.82) is 5.26 Å². The molecule has 0 saturated heterocycles. The molecule has 4 aromatic rings. The van der Waals surface area contributed by atoms with Crippen LogP contribution in [0.5, 0.6) is 0 Å². The Labute approximate surface area is 169 Å². The van der Waals surface area contributed by atoms with Gasteiger partial charge in [-0.2, -0.15) is 5.26 Å². The molecular formula is C20H14N6O2S. The van der Waals surface area contributed by atoms with Crippen LogP contribution in [0.2, 0.25) is 0 Å². The summed E-state index contributed by atoms with van der Waals surface area (Å²) < 4.78 is 4.90. The van der Waals surface area contributed by atoms with Gasteiger partial charge in [-0.15, -0.1) is 0 Å². The Balaban J connectivity index is 1.74. The van der Waals surface area contributed by atoms with Crippen LogP contribution in [0.4, 0.5) is 10.7 Å². The largest absolute Gasteiger partial charge is 0.364 e. The van der Waals surface area contributed by atoms with Gasteiger partial charge >= 0.3 is 0 Å². The third-order valence-electron chi connectivity index (χ3n) is 4.17. The number of carbonyl (C=O) groups excluding carboxylic acids is 1. The number of pyridine rings is 1. The third-order valence-corrected chi connectivity index (χ3v) is 5.19. The van der Waals surface area contributed by atoms with Crippen molar-refractivity contribution in [3.8, 4) is 27.9 Å². The fourth-order valence-corrected chi connectivity index (χ4v) is 3.69. The van der Waals surface area contributed by atoms with E-state index in [4.69, 9.17) is 15.5 Å². The lowest BCUT2D eigenvalue weighted by Gasteiger charge is -2.07. The fraction of sp³-hybridized carbons (Fsp3) is 0.0500. The molecule has 0 spiro atoms. The van der Waals surface area contributed by atoms with Crippen molar-refractivity contribution in [2.75, 3.05) is 5.32 Å². The normalized spacial score (nSPS) is 10.5. The molecule has 3 N–H and O–H groups in total. The fourth-order valence-electron chi connectivity index (χ4n) is 2.71. The first-order chi connectivity index (χ1) is 14.0. The van der Waals surface area contributed by atoms with Gasteiger partial charge in [-0.3, -0.25) is 9.78 Å². The van der Waals surface area contributed by atoms with Gasteiger partial charge in [0.25, 0.3) is 5.91 Å². The zero-order valence-electron chi connectivity index (χ0n) is 15.2. The van der Waals surface area contributed by atoms with Crippen molar-refractivity contribution in [3.63, 3.8) is 0 Å². The van der Waals surface area contributed by atoms with E-state index in [0.29, 0.717) is 32.6 Å². The van der Waals surface area contributed by atoms with E-state index >= 15 is 0 Å². The van der Waals surface area contributed by atoms with E-state index in [2.05, 4.69) is 20.4 Å². The second kappa shape index (κ2) is 7.53. The Morgan fingerprint density at radius 2 is 2.10 bits per heavy atom. The zero-order chi connectivity index (χ0) is 20.4. The molecule has 0 bridgehead atoms. The number of aromatic nitrogens is 3. The molecule has 0 saturated carbocycles. The van der Waals surface area contributed by atoms with E-state index in [0.717, 1.165) is 11.1 Å². The summed E-state index contributed by atoms with van der Waals surface area (Å²) >= 11 is 1.29. The third kappa shape index (κ3) is 3.69. The summed E-state index contributed by atoms with van der Waals surface area (Å²) in [6.07, 6.45) is 2.99. The Hall–Kier alpha value is -4.03. The Morgan fingerprint density at radius 1 is 1.28 bits per heavy atom. The van der Waals surface area contributed by atoms with Gasteiger partial charge < -0.3 is 15.6 Å². The van der Waals surface area contributed by atoms with Crippen molar-refractivity contribution in [2.24, 2.45) is 5.73 Å². The van der Waals surface area contributed by atoms with Crippen molar-refractivity contribution >= 4 is 27.9 Å². The molecule has 29 heavy (non-hydrogen) atoms. The van der Waals surface area contributed by atoms with Gasteiger partial charge in [0.1, 0.15) is 28.0 Å². The lowest BCUT2D eigenvalue weighted by molar-refractivity contribution is 0.0997. The number of rotatable bonds is 5. The average Bonchev–Trinajstić information content (AvgIpc) is 3.40. The van der Waals surface area contributed by atoms with E-state index in [1.807, 2.05) is 30.3 Å². The first-order valence-electron chi connectivity index (χ1n) is 8.50. The number of nitrogens with two attached hydrogens (primary N) is 1. The number of primary amides is 1. The number of thiazole rings is 1. The predicted molar refractivity (Wildman–Crippen MR) is 109 cm³/mol. The Bertz CT molecular complexity index is 1240. The predicted octanol–water partition coefficient (Wildman–Crippen LogP) is 3.88. The number of benzene rings is 1. The number of aryl methyl sites for hydroxylation is 1. The molecule has 1 amide bonds. The minimum atomic E-state index is -0.648. The van der Waals surface area contributed by atoms with Crippen molar-refractivity contribution < 1.29 is 9.32 Å². The van der Waals surface area contributed by atoms with Crippen LogP contribution in [0.15, 0.2) is 53.4 Å². The molecular weight excluding hydrogens is 388 g/mol.